The Bertz CT molecular complexity index is 682. The fourth-order valence-corrected chi connectivity index (χ4v) is 3.31. The number of carbonyl (C=O) groups excluding carboxylic acids is 1. The van der Waals surface area contributed by atoms with Crippen LogP contribution in [0.15, 0.2) is 9.80 Å². The van der Waals surface area contributed by atoms with E-state index in [1.54, 1.807) is 23.2 Å². The Balaban J connectivity index is 1.73. The highest BCUT2D eigenvalue weighted by Gasteiger charge is 2.32. The largest absolute Gasteiger partial charge is 0.423 e. The Morgan fingerprint density at radius 1 is 1.48 bits per heavy atom. The average molecular weight is 336 g/mol. The quantitative estimate of drug-likeness (QED) is 0.850. The standard InChI is InChI=1S/C15H20N4O3S/c1-9(2)15-16-11(8-23-15)6-13(20)19-4-5-21-7-12(19)14-18-17-10(3)22-14/h8-9,12H,4-7H2,1-3H3/t12-/m1/s1. The van der Waals surface area contributed by atoms with E-state index < -0.39 is 0 Å². The van der Waals surface area contributed by atoms with Crippen molar-refractivity contribution in [2.24, 2.45) is 0 Å². The molecule has 1 aliphatic heterocycles. The Labute approximate surface area is 138 Å². The van der Waals surface area contributed by atoms with Gasteiger partial charge >= 0.3 is 0 Å². The van der Waals surface area contributed by atoms with Crippen molar-refractivity contribution in [3.8, 4) is 0 Å². The number of hydrogen-bond donors (Lipinski definition) is 0. The molecule has 7 nitrogen and oxygen atoms in total. The van der Waals surface area contributed by atoms with Gasteiger partial charge in [-0.2, -0.15) is 0 Å². The van der Waals surface area contributed by atoms with Crippen molar-refractivity contribution in [1.29, 1.82) is 0 Å². The zero-order chi connectivity index (χ0) is 16.4. The fraction of sp³-hybridized carbons (Fsp3) is 0.600. The lowest BCUT2D eigenvalue weighted by Crippen LogP contribution is -2.44. The molecule has 0 saturated carbocycles. The maximum Gasteiger partial charge on any atom is 0.241 e. The SMILES string of the molecule is Cc1nnc([C@H]2COCCN2C(=O)Cc2csc(C(C)C)n2)o1. The number of hydrogen-bond acceptors (Lipinski definition) is 7. The number of morpholine rings is 1. The Morgan fingerprint density at radius 2 is 2.30 bits per heavy atom. The second-order valence-electron chi connectivity index (χ2n) is 5.85. The molecule has 3 rings (SSSR count). The third kappa shape index (κ3) is 3.59. The highest BCUT2D eigenvalue weighted by molar-refractivity contribution is 7.09. The molecule has 0 radical (unpaired) electrons. The molecule has 1 atom stereocenters. The van der Waals surface area contributed by atoms with Crippen LogP contribution < -0.4 is 0 Å². The van der Waals surface area contributed by atoms with Crippen LogP contribution in [0, 0.1) is 6.92 Å². The van der Waals surface area contributed by atoms with Gasteiger partial charge in [-0.05, 0) is 0 Å². The summed E-state index contributed by atoms with van der Waals surface area (Å²) in [7, 11) is 0. The summed E-state index contributed by atoms with van der Waals surface area (Å²) in [4.78, 5) is 19.0. The summed E-state index contributed by atoms with van der Waals surface area (Å²) in [6.45, 7) is 7.34. The molecule has 1 aliphatic rings. The molecule has 1 saturated heterocycles. The van der Waals surface area contributed by atoms with E-state index in [0.717, 1.165) is 10.7 Å². The normalized spacial score (nSPS) is 18.6. The lowest BCUT2D eigenvalue weighted by atomic mass is 10.2. The van der Waals surface area contributed by atoms with Crippen molar-refractivity contribution >= 4 is 17.2 Å². The molecule has 0 spiro atoms. The van der Waals surface area contributed by atoms with Gasteiger partial charge < -0.3 is 14.1 Å². The second-order valence-corrected chi connectivity index (χ2v) is 6.74. The van der Waals surface area contributed by atoms with E-state index in [1.807, 2.05) is 5.38 Å². The van der Waals surface area contributed by atoms with Crippen LogP contribution >= 0.6 is 11.3 Å². The smallest absolute Gasteiger partial charge is 0.241 e. The van der Waals surface area contributed by atoms with Gasteiger partial charge in [-0.1, -0.05) is 13.8 Å². The van der Waals surface area contributed by atoms with Crippen molar-refractivity contribution < 1.29 is 13.9 Å². The van der Waals surface area contributed by atoms with Gasteiger partial charge in [0.05, 0.1) is 30.3 Å². The maximum absolute atomic E-state index is 12.7. The predicted octanol–water partition coefficient (Wildman–Crippen LogP) is 2.10. The zero-order valence-corrected chi connectivity index (χ0v) is 14.3. The van der Waals surface area contributed by atoms with Gasteiger partial charge in [-0.15, -0.1) is 21.5 Å². The highest BCUT2D eigenvalue weighted by Crippen LogP contribution is 2.25. The number of thiazole rings is 1. The summed E-state index contributed by atoms with van der Waals surface area (Å²) in [5, 5.41) is 10.9. The second kappa shape index (κ2) is 6.76. The van der Waals surface area contributed by atoms with Crippen molar-refractivity contribution in [2.75, 3.05) is 19.8 Å². The van der Waals surface area contributed by atoms with Crippen molar-refractivity contribution in [1.82, 2.24) is 20.1 Å². The van der Waals surface area contributed by atoms with Gasteiger partial charge in [0, 0.05) is 24.8 Å². The molecule has 1 fully saturated rings. The first-order chi connectivity index (χ1) is 11.0. The number of amides is 1. The number of carbonyl (C=O) groups is 1. The van der Waals surface area contributed by atoms with E-state index in [0.29, 0.717) is 37.5 Å². The molecule has 3 heterocycles. The van der Waals surface area contributed by atoms with Gasteiger partial charge in [-0.25, -0.2) is 4.98 Å². The van der Waals surface area contributed by atoms with Crippen LogP contribution in [-0.2, 0) is 16.0 Å². The van der Waals surface area contributed by atoms with Crippen LogP contribution in [0.3, 0.4) is 0 Å². The molecule has 0 unspecified atom stereocenters. The molecule has 1 amide bonds. The molecule has 124 valence electrons. The Kier molecular flexibility index (Phi) is 4.72. The minimum absolute atomic E-state index is 0.00904. The van der Waals surface area contributed by atoms with Crippen molar-refractivity contribution in [3.05, 3.63) is 27.9 Å². The summed E-state index contributed by atoms with van der Waals surface area (Å²) in [6.07, 6.45) is 0.285. The van der Waals surface area contributed by atoms with Gasteiger partial charge in [0.25, 0.3) is 0 Å². The maximum atomic E-state index is 12.7. The van der Waals surface area contributed by atoms with Gasteiger partial charge in [-0.3, -0.25) is 4.79 Å². The predicted molar refractivity (Wildman–Crippen MR) is 84.2 cm³/mol. The number of nitrogens with zero attached hydrogens (tertiary/aromatic N) is 4. The van der Waals surface area contributed by atoms with E-state index in [9.17, 15) is 4.79 Å². The van der Waals surface area contributed by atoms with Crippen LogP contribution in [0.2, 0.25) is 0 Å². The van der Waals surface area contributed by atoms with Crippen LogP contribution in [0.25, 0.3) is 0 Å². The molecular weight excluding hydrogens is 316 g/mol. The molecule has 23 heavy (non-hydrogen) atoms. The first kappa shape index (κ1) is 16.1. The molecule has 2 aromatic rings. The van der Waals surface area contributed by atoms with Crippen LogP contribution in [0.5, 0.6) is 0 Å². The van der Waals surface area contributed by atoms with E-state index in [-0.39, 0.29) is 18.4 Å². The van der Waals surface area contributed by atoms with Gasteiger partial charge in [0.1, 0.15) is 6.04 Å². The zero-order valence-electron chi connectivity index (χ0n) is 13.5. The molecule has 2 aromatic heterocycles. The Morgan fingerprint density at radius 3 is 2.96 bits per heavy atom. The Hall–Kier alpha value is -1.80. The van der Waals surface area contributed by atoms with Crippen LogP contribution in [0.1, 0.15) is 48.3 Å². The van der Waals surface area contributed by atoms with E-state index in [1.165, 1.54) is 0 Å². The molecule has 0 N–H and O–H groups in total. The molecule has 8 heteroatoms. The van der Waals surface area contributed by atoms with E-state index in [2.05, 4.69) is 29.0 Å². The topological polar surface area (TPSA) is 81.4 Å². The lowest BCUT2D eigenvalue weighted by Gasteiger charge is -2.33. The fourth-order valence-electron chi connectivity index (χ4n) is 2.48. The molecule has 0 aliphatic carbocycles. The molecule has 0 aromatic carbocycles. The minimum atomic E-state index is -0.319. The van der Waals surface area contributed by atoms with Crippen molar-refractivity contribution in [3.63, 3.8) is 0 Å². The first-order valence-electron chi connectivity index (χ1n) is 7.66. The van der Waals surface area contributed by atoms with Crippen LogP contribution in [0.4, 0.5) is 0 Å². The van der Waals surface area contributed by atoms with E-state index >= 15 is 0 Å². The number of aryl methyl sites for hydroxylation is 1. The third-order valence-corrected chi connectivity index (χ3v) is 4.87. The summed E-state index contributed by atoms with van der Waals surface area (Å²) >= 11 is 1.60. The summed E-state index contributed by atoms with van der Waals surface area (Å²) in [5.41, 5.74) is 0.815. The van der Waals surface area contributed by atoms with Crippen LogP contribution in [-0.4, -0.2) is 45.7 Å². The third-order valence-electron chi connectivity index (χ3n) is 3.67. The lowest BCUT2D eigenvalue weighted by molar-refractivity contribution is -0.140. The van der Waals surface area contributed by atoms with Gasteiger partial charge in [0.15, 0.2) is 0 Å². The number of rotatable bonds is 4. The number of ether oxygens (including phenoxy) is 1. The highest BCUT2D eigenvalue weighted by atomic mass is 32.1. The summed E-state index contributed by atoms with van der Waals surface area (Å²) in [6, 6.07) is -0.319. The minimum Gasteiger partial charge on any atom is -0.423 e. The van der Waals surface area contributed by atoms with Gasteiger partial charge in [0.2, 0.25) is 17.7 Å². The number of aromatic nitrogens is 3. The average Bonchev–Trinajstić information content (AvgIpc) is 3.16. The van der Waals surface area contributed by atoms with E-state index in [4.69, 9.17) is 9.15 Å². The van der Waals surface area contributed by atoms with Crippen molar-refractivity contribution in [2.45, 2.75) is 39.2 Å². The first-order valence-corrected chi connectivity index (χ1v) is 8.54. The summed E-state index contributed by atoms with van der Waals surface area (Å²) in [5.74, 6) is 1.30. The summed E-state index contributed by atoms with van der Waals surface area (Å²) < 4.78 is 11.0. The molecular formula is C15H20N4O3S. The monoisotopic (exact) mass is 336 g/mol. The molecule has 0 bridgehead atoms.